The van der Waals surface area contributed by atoms with Crippen LogP contribution in [0, 0.1) is 0 Å². The van der Waals surface area contributed by atoms with Crippen molar-refractivity contribution >= 4 is 66.3 Å². The van der Waals surface area contributed by atoms with Crippen molar-refractivity contribution in [3.63, 3.8) is 0 Å². The maximum atomic E-state index is 2.52. The lowest BCUT2D eigenvalue weighted by atomic mass is 9.78. The first-order valence-corrected chi connectivity index (χ1v) is 65.3. The van der Waals surface area contributed by atoms with Gasteiger partial charge in [-0.05, 0) is 198 Å². The quantitative estimate of drug-likeness (QED) is 0.0629. The third kappa shape index (κ3) is 39.6. The van der Waals surface area contributed by atoms with E-state index in [0.717, 1.165) is 0 Å². The van der Waals surface area contributed by atoms with Crippen LogP contribution in [-0.2, 0) is 27.1 Å². The molecule has 0 N–H and O–H groups in total. The van der Waals surface area contributed by atoms with E-state index in [1.54, 1.807) is 37.1 Å². The summed E-state index contributed by atoms with van der Waals surface area (Å²) in [7, 11) is -5.80. The third-order valence-electron chi connectivity index (χ3n) is 25.3. The van der Waals surface area contributed by atoms with Gasteiger partial charge in [0.05, 0.1) is 40.4 Å². The SMILES string of the molecule is CCC(C)c1cc(C(C)(C)C)cc(C(C)(C)C)c1.CCC(C)c1cc([Si](C)(C)C)cc([Si](C)(C)C)c1.CCC(C)c1ccc(C(C)(C)C)cc1.CCC(C)c1ccc([Si](C)(C)C)cc1.CCC(C)c1cccc(C(C)(C)C)c1.CCC(C)c1cccc([Si](C)(C)C)c1.CCC(C)c1ccccc1C(C)(C)C.CCC(C)c1ccccc1[Si](C)(C)C. The van der Waals surface area contributed by atoms with Crippen LogP contribution in [0.3, 0.4) is 0 Å². The van der Waals surface area contributed by atoms with Crippen molar-refractivity contribution in [2.24, 2.45) is 0 Å². The fraction of sp³-hybridized carbons (Fsp3) is 0.583. The van der Waals surface area contributed by atoms with E-state index in [0.29, 0.717) is 47.3 Å². The molecule has 0 fully saturated rings. The minimum absolute atomic E-state index is 0.226. The Morgan fingerprint density at radius 3 is 0.842 bits per heavy atom. The van der Waals surface area contributed by atoms with Gasteiger partial charge in [0.2, 0.25) is 0 Å². The molecule has 0 amide bonds. The molecule has 0 aliphatic carbocycles. The molecular formula is C115H192Si5. The number of benzene rings is 8. The van der Waals surface area contributed by atoms with Gasteiger partial charge in [-0.15, -0.1) is 0 Å². The number of rotatable bonds is 21. The zero-order valence-corrected chi connectivity index (χ0v) is 92.6. The molecule has 672 valence electrons. The summed E-state index contributed by atoms with van der Waals surface area (Å²) in [6.45, 7) is 107. The summed E-state index contributed by atoms with van der Waals surface area (Å²) in [4.78, 5) is 0. The van der Waals surface area contributed by atoms with Crippen LogP contribution in [0.4, 0.5) is 0 Å². The zero-order chi connectivity index (χ0) is 92.9. The van der Waals surface area contributed by atoms with Crippen molar-refractivity contribution in [2.75, 3.05) is 0 Å². The summed E-state index contributed by atoms with van der Waals surface area (Å²) in [6.07, 6.45) is 9.79. The maximum absolute atomic E-state index is 2.52. The average Bonchev–Trinajstić information content (AvgIpc) is 0.802. The molecule has 5 heteroatoms. The third-order valence-corrected chi connectivity index (χ3v) is 35.6. The first-order chi connectivity index (χ1) is 54.8. The van der Waals surface area contributed by atoms with E-state index >= 15 is 0 Å². The van der Waals surface area contributed by atoms with Gasteiger partial charge in [-0.3, -0.25) is 0 Å². The zero-order valence-electron chi connectivity index (χ0n) is 87.6. The molecule has 0 aliphatic heterocycles. The minimum Gasteiger partial charge on any atom is -0.0656 e. The fourth-order valence-corrected chi connectivity index (χ4v) is 20.6. The molecule has 0 heterocycles. The second-order valence-corrected chi connectivity index (χ2v) is 71.7. The van der Waals surface area contributed by atoms with E-state index in [1.807, 2.05) is 0 Å². The smallest absolute Gasteiger partial charge is 0.0656 e. The Bertz CT molecular complexity index is 3830. The van der Waals surface area contributed by atoms with Crippen LogP contribution in [0.1, 0.15) is 386 Å². The van der Waals surface area contributed by atoms with Crippen molar-refractivity contribution in [2.45, 2.75) is 439 Å². The summed E-state index contributed by atoms with van der Waals surface area (Å²) < 4.78 is 0. The lowest BCUT2D eigenvalue weighted by molar-refractivity contribution is 0.564. The second-order valence-electron chi connectivity index (χ2n) is 46.3. The predicted octanol–water partition coefficient (Wildman–Crippen LogP) is 34.8. The number of hydrogen-bond acceptors (Lipinski definition) is 0. The molecule has 0 aliphatic rings. The van der Waals surface area contributed by atoms with Gasteiger partial charge in [0.1, 0.15) is 0 Å². The van der Waals surface area contributed by atoms with Crippen molar-refractivity contribution in [3.8, 4) is 0 Å². The van der Waals surface area contributed by atoms with Gasteiger partial charge in [0, 0.05) is 0 Å². The minimum atomic E-state index is -1.21. The van der Waals surface area contributed by atoms with Crippen LogP contribution in [-0.4, -0.2) is 40.4 Å². The van der Waals surface area contributed by atoms with Crippen LogP contribution in [0.15, 0.2) is 182 Å². The van der Waals surface area contributed by atoms with E-state index in [2.05, 4.69) is 495 Å². The molecule has 0 nitrogen and oxygen atoms in total. The van der Waals surface area contributed by atoms with Crippen molar-refractivity contribution in [3.05, 3.63) is 254 Å². The highest BCUT2D eigenvalue weighted by molar-refractivity contribution is 6.92. The standard InChI is InChI=1S/C18H30.C16H30Si2.3C14H22.3C13H22Si/c2*1-9-13(2)14-10-15(17(3,4)5)12-16(11-14)18(6,7)8;1-6-11(2)12-7-9-13(10-8-12)14(3,4)5;1-6-11(2)12-8-7-9-13(10-12)14(3,4)5;1-6-11(2)12-9-7-8-10-13(12)14(3,4)5;1-6-11(2)12-7-9-13(10-8-12)14(3,4)5;1-6-11(2)12-8-7-9-13(10-12)14(3,4)5;1-6-11(2)12-9-7-8-10-13(12)14(3,4)5/h2*10-13H,9H2,1-8H3;6*7-11H,6H2,1-5H3. The Labute approximate surface area is 753 Å². The highest BCUT2D eigenvalue weighted by atomic mass is 28.3. The molecule has 0 spiro atoms. The fourth-order valence-electron chi connectivity index (χ4n) is 13.9. The topological polar surface area (TPSA) is 0 Å². The van der Waals surface area contributed by atoms with Gasteiger partial charge in [-0.2, -0.15) is 0 Å². The predicted molar refractivity (Wildman–Crippen MR) is 570 cm³/mol. The first kappa shape index (κ1) is 113. The highest BCUT2D eigenvalue weighted by Crippen LogP contribution is 2.36. The van der Waals surface area contributed by atoms with E-state index in [-0.39, 0.29) is 27.1 Å². The molecule has 0 saturated heterocycles. The number of hydrogen-bond donors (Lipinski definition) is 0. The van der Waals surface area contributed by atoms with Gasteiger partial charge in [-0.1, -0.05) is 521 Å². The molecule has 8 rings (SSSR count). The van der Waals surface area contributed by atoms with Gasteiger partial charge in [0.15, 0.2) is 0 Å². The van der Waals surface area contributed by atoms with Crippen LogP contribution in [0.25, 0.3) is 0 Å². The van der Waals surface area contributed by atoms with Crippen LogP contribution < -0.4 is 25.9 Å². The largest absolute Gasteiger partial charge is 0.0779 e. The Morgan fingerprint density at radius 2 is 0.492 bits per heavy atom. The summed E-state index contributed by atoms with van der Waals surface area (Å²) >= 11 is 0. The molecular weight excluding hydrogens is 1520 g/mol. The molecule has 8 aromatic carbocycles. The monoisotopic (exact) mass is 1710 g/mol. The van der Waals surface area contributed by atoms with E-state index < -0.39 is 40.4 Å². The van der Waals surface area contributed by atoms with E-state index in [9.17, 15) is 0 Å². The summed E-state index contributed by atoms with van der Waals surface area (Å²) in [5.74, 6) is 5.48. The normalized spacial score (nSPS) is 14.2. The van der Waals surface area contributed by atoms with Crippen LogP contribution >= 0.6 is 0 Å². The molecule has 120 heavy (non-hydrogen) atoms. The Kier molecular flexibility index (Phi) is 46.7. The molecule has 0 aromatic heterocycles. The van der Waals surface area contributed by atoms with Crippen LogP contribution in [0.5, 0.6) is 0 Å². The van der Waals surface area contributed by atoms with Gasteiger partial charge in [0.25, 0.3) is 0 Å². The molecule has 0 saturated carbocycles. The Balaban J connectivity index is 0.000000687. The average molecular weight is 1720 g/mol. The van der Waals surface area contributed by atoms with Gasteiger partial charge >= 0.3 is 0 Å². The summed E-state index contributed by atoms with van der Waals surface area (Å²) in [5, 5.41) is 8.05. The van der Waals surface area contributed by atoms with Crippen LogP contribution in [0.2, 0.25) is 98.2 Å². The lowest BCUT2D eigenvalue weighted by Crippen LogP contribution is -2.45. The van der Waals surface area contributed by atoms with Crippen molar-refractivity contribution in [1.82, 2.24) is 0 Å². The van der Waals surface area contributed by atoms with Crippen molar-refractivity contribution < 1.29 is 0 Å². The second kappa shape index (κ2) is 49.7. The molecule has 0 radical (unpaired) electrons. The summed E-state index contributed by atoms with van der Waals surface area (Å²) in [6, 6.07) is 69.1. The maximum Gasteiger partial charge on any atom is 0.0779 e. The molecule has 8 atom stereocenters. The van der Waals surface area contributed by atoms with Gasteiger partial charge in [-0.25, -0.2) is 0 Å². The summed E-state index contributed by atoms with van der Waals surface area (Å²) in [5.41, 5.74) is 20.6. The highest BCUT2D eigenvalue weighted by Gasteiger charge is 2.28. The molecule has 8 aromatic rings. The lowest BCUT2D eigenvalue weighted by Gasteiger charge is -2.27. The first-order valence-electron chi connectivity index (χ1n) is 47.8. The Morgan fingerprint density at radius 1 is 0.200 bits per heavy atom. The van der Waals surface area contributed by atoms with Gasteiger partial charge < -0.3 is 0 Å². The van der Waals surface area contributed by atoms with Crippen molar-refractivity contribution in [1.29, 1.82) is 0 Å². The molecule has 0 bridgehead atoms. The Hall–Kier alpha value is -5.16. The van der Waals surface area contributed by atoms with E-state index in [1.165, 1.54) is 113 Å². The van der Waals surface area contributed by atoms with E-state index in [4.69, 9.17) is 0 Å². The molecule has 8 unspecified atom stereocenters.